The number of hydrogen-bond donors (Lipinski definition) is 2. The van der Waals surface area contributed by atoms with Crippen molar-refractivity contribution in [2.45, 2.75) is 72.5 Å². The third kappa shape index (κ3) is 16.5. The Morgan fingerprint density at radius 1 is 0.643 bits per heavy atom. The molecule has 2 heterocycles. The molecule has 3 N–H and O–H groups in total. The Morgan fingerprint density at radius 3 is 1.48 bits per heavy atom. The summed E-state index contributed by atoms with van der Waals surface area (Å²) in [5.41, 5.74) is 10.7. The number of likely N-dealkylation sites (tertiary alicyclic amines) is 2. The number of aliphatic carboxylic acids is 1. The number of carboxylic acid groups (broad SMARTS) is 1. The van der Waals surface area contributed by atoms with Crippen molar-refractivity contribution in [3.05, 3.63) is 119 Å². The van der Waals surface area contributed by atoms with Gasteiger partial charge >= 0.3 is 5.97 Å². The largest absolute Gasteiger partial charge is 0.496 e. The summed E-state index contributed by atoms with van der Waals surface area (Å²) < 4.78 is 21.3. The molecule has 4 aromatic carbocycles. The van der Waals surface area contributed by atoms with E-state index in [1.54, 1.807) is 26.4 Å². The van der Waals surface area contributed by atoms with Gasteiger partial charge in [-0.1, -0.05) is 79.2 Å². The Bertz CT molecular complexity index is 1720. The average molecular weight is 770 g/mol. The van der Waals surface area contributed by atoms with Crippen LogP contribution >= 0.6 is 0 Å². The van der Waals surface area contributed by atoms with Crippen molar-refractivity contribution in [3.63, 3.8) is 0 Å². The van der Waals surface area contributed by atoms with E-state index in [0.29, 0.717) is 24.1 Å². The number of ether oxygens (including phenoxy) is 4. The molecule has 10 nitrogen and oxygen atoms in total. The second-order valence-corrected chi connectivity index (χ2v) is 14.3. The van der Waals surface area contributed by atoms with E-state index in [9.17, 15) is 9.59 Å². The predicted octanol–water partition coefficient (Wildman–Crippen LogP) is 7.97. The third-order valence-corrected chi connectivity index (χ3v) is 9.83. The Morgan fingerprint density at radius 2 is 1.05 bits per heavy atom. The average Bonchev–Trinajstić information content (AvgIpc) is 3.20. The van der Waals surface area contributed by atoms with Gasteiger partial charge in [-0.05, 0) is 108 Å². The van der Waals surface area contributed by atoms with E-state index >= 15 is 0 Å². The molecule has 4 aromatic rings. The van der Waals surface area contributed by atoms with Crippen LogP contribution in [-0.2, 0) is 22.7 Å². The first kappa shape index (κ1) is 45.5. The molecule has 0 aromatic heterocycles. The smallest absolute Gasteiger partial charge is 0.341 e. The fourth-order valence-electron chi connectivity index (χ4n) is 6.57. The minimum atomic E-state index is -0.962. The summed E-state index contributed by atoms with van der Waals surface area (Å²) in [6, 6.07) is 31.9. The van der Waals surface area contributed by atoms with Gasteiger partial charge in [0.25, 0.3) is 0 Å². The number of rotatable bonds is 14. The van der Waals surface area contributed by atoms with E-state index in [0.717, 1.165) is 87.8 Å². The summed E-state index contributed by atoms with van der Waals surface area (Å²) in [5.74, 6) is 2.98. The molecule has 2 aliphatic rings. The molecule has 2 fully saturated rings. The van der Waals surface area contributed by atoms with Crippen LogP contribution < -0.4 is 24.7 Å². The number of nitrogens with two attached hydrogens (primary N) is 1. The molecule has 0 amide bonds. The second-order valence-electron chi connectivity index (χ2n) is 14.3. The second kappa shape index (κ2) is 24.6. The number of piperidine rings is 2. The predicted molar refractivity (Wildman–Crippen MR) is 224 cm³/mol. The molecule has 2 saturated heterocycles. The van der Waals surface area contributed by atoms with Gasteiger partial charge < -0.3 is 29.8 Å². The van der Waals surface area contributed by atoms with Crippen LogP contribution in [0.15, 0.2) is 97.1 Å². The van der Waals surface area contributed by atoms with Crippen LogP contribution in [0.1, 0.15) is 61.8 Å². The van der Waals surface area contributed by atoms with Crippen molar-refractivity contribution < 1.29 is 33.6 Å². The van der Waals surface area contributed by atoms with Gasteiger partial charge in [0, 0.05) is 36.7 Å². The van der Waals surface area contributed by atoms with Crippen LogP contribution in [0.2, 0.25) is 0 Å². The number of carboxylic acids is 1. The van der Waals surface area contributed by atoms with E-state index in [2.05, 4.69) is 34.1 Å². The van der Waals surface area contributed by atoms with Crippen molar-refractivity contribution >= 4 is 11.8 Å². The molecule has 0 saturated carbocycles. The summed E-state index contributed by atoms with van der Waals surface area (Å²) >= 11 is 0. The summed E-state index contributed by atoms with van der Waals surface area (Å²) in [7, 11) is 3.44. The normalized spacial score (nSPS) is 14.8. The van der Waals surface area contributed by atoms with Gasteiger partial charge in [-0.3, -0.25) is 14.6 Å². The van der Waals surface area contributed by atoms with Crippen molar-refractivity contribution in [2.24, 2.45) is 11.7 Å². The van der Waals surface area contributed by atoms with Crippen LogP contribution in [0.25, 0.3) is 0 Å². The molecular weight excluding hydrogens is 707 g/mol. The van der Waals surface area contributed by atoms with E-state index in [4.69, 9.17) is 29.8 Å². The van der Waals surface area contributed by atoms with E-state index in [1.165, 1.54) is 16.7 Å². The van der Waals surface area contributed by atoms with Crippen molar-refractivity contribution in [3.8, 4) is 23.0 Å². The van der Waals surface area contributed by atoms with Crippen LogP contribution in [0.4, 0.5) is 0 Å². The summed E-state index contributed by atoms with van der Waals surface area (Å²) in [6.45, 7) is 9.99. The fraction of sp³-hybridized carbons (Fsp3) is 0.435. The van der Waals surface area contributed by atoms with Crippen LogP contribution in [0, 0.1) is 19.8 Å². The molecule has 2 aliphatic heterocycles. The van der Waals surface area contributed by atoms with Crippen molar-refractivity contribution in [1.82, 2.24) is 9.80 Å². The number of benzene rings is 4. The zero-order valence-electron chi connectivity index (χ0n) is 33.0. The third-order valence-electron chi connectivity index (χ3n) is 9.83. The molecule has 0 radical (unpaired) electrons. The van der Waals surface area contributed by atoms with E-state index < -0.39 is 5.97 Å². The molecule has 0 unspecified atom stereocenters. The topological polar surface area (TPSA) is 124 Å². The summed E-state index contributed by atoms with van der Waals surface area (Å²) in [5, 5.41) is 8.30. The highest BCUT2D eigenvalue weighted by molar-refractivity contribution is 5.80. The van der Waals surface area contributed by atoms with Crippen molar-refractivity contribution in [1.29, 1.82) is 0 Å². The monoisotopic (exact) mass is 769 g/mol. The maximum absolute atomic E-state index is 12.3. The number of Topliss-reactive ketones (excluding diaryl/α,β-unsaturated/α-hetero) is 1. The van der Waals surface area contributed by atoms with Gasteiger partial charge in [0.15, 0.2) is 12.4 Å². The zero-order valence-corrected chi connectivity index (χ0v) is 33.0. The van der Waals surface area contributed by atoms with Gasteiger partial charge in [0.2, 0.25) is 0 Å². The number of ketones is 1. The number of hydrogen-bond acceptors (Lipinski definition) is 9. The standard InChI is InChI=1S/C23H29NO3.C13H20N2O.C9H10O3.CH4/c1-18-7-9-22(10-8-18)27-17-21(25)15-19-11-13-24(14-12-19)16-20-5-3-4-6-23(20)26-2;1-16-13-5-3-2-4-11(13)10-15-8-6-12(14)7-9-15;1-7-2-4-8(5-3-7)12-6-9(10)11;/h3-10,19H,11-17H2,1-2H3;2-5,12H,6-10,14H2,1H3;2-5H,6H2,1H3,(H,10,11);1H4. The van der Waals surface area contributed by atoms with Gasteiger partial charge in [-0.15, -0.1) is 0 Å². The number of carbonyl (C=O) groups is 2. The molecule has 6 rings (SSSR count). The van der Waals surface area contributed by atoms with Gasteiger partial charge in [0.1, 0.15) is 29.6 Å². The Labute approximate surface area is 334 Å². The lowest BCUT2D eigenvalue weighted by molar-refractivity contribution is -0.139. The highest BCUT2D eigenvalue weighted by Crippen LogP contribution is 2.26. The quantitative estimate of drug-likeness (QED) is 0.131. The van der Waals surface area contributed by atoms with Crippen LogP contribution in [0.5, 0.6) is 23.0 Å². The summed E-state index contributed by atoms with van der Waals surface area (Å²) in [6.07, 6.45) is 4.95. The number of para-hydroxylation sites is 2. The van der Waals surface area contributed by atoms with Crippen molar-refractivity contribution in [2.75, 3.05) is 53.6 Å². The molecule has 0 atom stereocenters. The first-order valence-corrected chi connectivity index (χ1v) is 19.2. The Kier molecular flexibility index (Phi) is 20.0. The number of carbonyl (C=O) groups excluding carboxylic acids is 1. The maximum atomic E-state index is 12.3. The molecular formula is C46H63N3O7. The minimum absolute atomic E-state index is 0. The molecule has 10 heteroatoms. The van der Waals surface area contributed by atoms with E-state index in [1.807, 2.05) is 74.5 Å². The van der Waals surface area contributed by atoms with Crippen LogP contribution in [0.3, 0.4) is 0 Å². The first-order chi connectivity index (χ1) is 26.6. The number of methoxy groups -OCH3 is 2. The molecule has 304 valence electrons. The lowest BCUT2D eigenvalue weighted by Gasteiger charge is -2.32. The lowest BCUT2D eigenvalue weighted by Crippen LogP contribution is -2.39. The molecule has 56 heavy (non-hydrogen) atoms. The Hall–Kier alpha value is -4.90. The maximum Gasteiger partial charge on any atom is 0.341 e. The highest BCUT2D eigenvalue weighted by atomic mass is 16.5. The highest BCUT2D eigenvalue weighted by Gasteiger charge is 2.22. The number of aryl methyl sites for hydroxylation is 2. The first-order valence-electron chi connectivity index (χ1n) is 19.2. The van der Waals surface area contributed by atoms with Crippen LogP contribution in [-0.4, -0.2) is 86.3 Å². The summed E-state index contributed by atoms with van der Waals surface area (Å²) in [4.78, 5) is 27.3. The Balaban J connectivity index is 0.000000246. The minimum Gasteiger partial charge on any atom is -0.496 e. The van der Waals surface area contributed by atoms with Gasteiger partial charge in [-0.2, -0.15) is 0 Å². The van der Waals surface area contributed by atoms with Gasteiger partial charge in [0.05, 0.1) is 14.2 Å². The molecule has 0 aliphatic carbocycles. The lowest BCUT2D eigenvalue weighted by atomic mass is 9.91. The molecule has 0 bridgehead atoms. The fourth-order valence-corrected chi connectivity index (χ4v) is 6.57. The van der Waals surface area contributed by atoms with E-state index in [-0.39, 0.29) is 26.4 Å². The number of nitrogens with zero attached hydrogens (tertiary/aromatic N) is 2. The molecule has 0 spiro atoms. The zero-order chi connectivity index (χ0) is 39.4. The SMILES string of the molecule is C.COc1ccccc1CN1CCC(CC(=O)COc2ccc(C)cc2)CC1.COc1ccccc1CN1CCC(N)CC1.Cc1ccc(OCC(=O)O)cc1. The van der Waals surface area contributed by atoms with Gasteiger partial charge in [-0.25, -0.2) is 4.79 Å².